The number of furan rings is 1. The highest BCUT2D eigenvalue weighted by Gasteiger charge is 2.19. The lowest BCUT2D eigenvalue weighted by molar-refractivity contribution is 0.311. The van der Waals surface area contributed by atoms with Gasteiger partial charge in [-0.15, -0.1) is 5.10 Å². The Labute approximate surface area is 161 Å². The van der Waals surface area contributed by atoms with Crippen LogP contribution in [0.4, 0.5) is 5.95 Å². The summed E-state index contributed by atoms with van der Waals surface area (Å²) in [4.78, 5) is 22.7. The second-order valence-electron chi connectivity index (χ2n) is 6.91. The molecule has 0 aromatic carbocycles. The van der Waals surface area contributed by atoms with E-state index in [-0.39, 0.29) is 0 Å². The van der Waals surface area contributed by atoms with Crippen molar-refractivity contribution in [2.24, 2.45) is 0 Å². The standard InChI is InChI=1S/C19H20N8O/c1-13-14(12-21-19-23-17(24-27(13)19)16-4-3-11-28-16)15-5-6-20-18(22-15)26-9-7-25(2)8-10-26/h3-6,11-12H,7-10H2,1-2H3. The van der Waals surface area contributed by atoms with Crippen molar-refractivity contribution in [3.8, 4) is 22.8 Å². The lowest BCUT2D eigenvalue weighted by Crippen LogP contribution is -2.45. The van der Waals surface area contributed by atoms with Gasteiger partial charge in [-0.05, 0) is 32.2 Å². The van der Waals surface area contributed by atoms with Crippen molar-refractivity contribution in [3.05, 3.63) is 42.5 Å². The monoisotopic (exact) mass is 376 g/mol. The molecule has 4 aromatic heterocycles. The number of fused-ring (bicyclic) bond motifs is 1. The molecule has 0 aliphatic carbocycles. The topological polar surface area (TPSA) is 88.5 Å². The van der Waals surface area contributed by atoms with Gasteiger partial charge in [-0.2, -0.15) is 4.98 Å². The summed E-state index contributed by atoms with van der Waals surface area (Å²) in [6.45, 7) is 5.85. The van der Waals surface area contributed by atoms with E-state index < -0.39 is 0 Å². The molecule has 142 valence electrons. The van der Waals surface area contributed by atoms with Crippen LogP contribution in [-0.4, -0.2) is 67.7 Å². The first-order chi connectivity index (χ1) is 13.7. The maximum absolute atomic E-state index is 5.40. The van der Waals surface area contributed by atoms with Gasteiger partial charge in [-0.25, -0.2) is 19.5 Å². The van der Waals surface area contributed by atoms with Gasteiger partial charge in [0.1, 0.15) is 0 Å². The van der Waals surface area contributed by atoms with E-state index in [0.29, 0.717) is 17.4 Å². The number of anilines is 1. The highest BCUT2D eigenvalue weighted by Crippen LogP contribution is 2.24. The van der Waals surface area contributed by atoms with Crippen molar-refractivity contribution in [1.29, 1.82) is 0 Å². The Balaban J connectivity index is 1.52. The Bertz CT molecular complexity index is 1110. The molecule has 0 unspecified atom stereocenters. The predicted molar refractivity (Wildman–Crippen MR) is 104 cm³/mol. The Kier molecular flexibility index (Phi) is 4.01. The molecule has 1 aliphatic heterocycles. The zero-order valence-electron chi connectivity index (χ0n) is 15.8. The fourth-order valence-corrected chi connectivity index (χ4v) is 3.36. The molecular weight excluding hydrogens is 356 g/mol. The zero-order valence-corrected chi connectivity index (χ0v) is 15.8. The average molecular weight is 376 g/mol. The molecule has 0 radical (unpaired) electrons. The Morgan fingerprint density at radius 3 is 2.68 bits per heavy atom. The molecule has 1 saturated heterocycles. The number of likely N-dealkylation sites (N-methyl/N-ethyl adjacent to an activating group) is 1. The summed E-state index contributed by atoms with van der Waals surface area (Å²) in [5, 5.41) is 4.55. The number of hydrogen-bond donors (Lipinski definition) is 0. The van der Waals surface area contributed by atoms with Gasteiger partial charge in [0.15, 0.2) is 5.76 Å². The summed E-state index contributed by atoms with van der Waals surface area (Å²) in [6.07, 6.45) is 5.20. The normalized spacial score (nSPS) is 15.4. The highest BCUT2D eigenvalue weighted by molar-refractivity contribution is 5.64. The summed E-state index contributed by atoms with van der Waals surface area (Å²) in [7, 11) is 2.13. The summed E-state index contributed by atoms with van der Waals surface area (Å²) in [5.41, 5.74) is 2.64. The van der Waals surface area contributed by atoms with Gasteiger partial charge in [0, 0.05) is 44.1 Å². The minimum atomic E-state index is 0.513. The van der Waals surface area contributed by atoms with Crippen LogP contribution in [0.3, 0.4) is 0 Å². The van der Waals surface area contributed by atoms with E-state index in [2.05, 4.69) is 36.9 Å². The minimum absolute atomic E-state index is 0.513. The van der Waals surface area contributed by atoms with E-state index in [1.54, 1.807) is 23.2 Å². The second-order valence-corrected chi connectivity index (χ2v) is 6.91. The number of aromatic nitrogens is 6. The van der Waals surface area contributed by atoms with Crippen molar-refractivity contribution in [1.82, 2.24) is 34.4 Å². The van der Waals surface area contributed by atoms with E-state index in [4.69, 9.17) is 9.40 Å². The van der Waals surface area contributed by atoms with Crippen LogP contribution in [0.5, 0.6) is 0 Å². The molecule has 0 saturated carbocycles. The fraction of sp³-hybridized carbons (Fsp3) is 0.316. The van der Waals surface area contributed by atoms with Gasteiger partial charge >= 0.3 is 0 Å². The van der Waals surface area contributed by atoms with Crippen molar-refractivity contribution in [2.45, 2.75) is 6.92 Å². The molecular formula is C19H20N8O. The third kappa shape index (κ3) is 2.89. The predicted octanol–water partition coefficient (Wildman–Crippen LogP) is 1.90. The quantitative estimate of drug-likeness (QED) is 0.536. The lowest BCUT2D eigenvalue weighted by Gasteiger charge is -2.32. The first-order valence-electron chi connectivity index (χ1n) is 9.22. The average Bonchev–Trinajstić information content (AvgIpc) is 3.39. The van der Waals surface area contributed by atoms with Crippen LogP contribution in [-0.2, 0) is 0 Å². The molecule has 9 heteroatoms. The molecule has 0 atom stereocenters. The molecule has 5 rings (SSSR count). The highest BCUT2D eigenvalue weighted by atomic mass is 16.3. The maximum atomic E-state index is 5.40. The van der Waals surface area contributed by atoms with Crippen LogP contribution < -0.4 is 4.90 Å². The molecule has 5 heterocycles. The molecule has 9 nitrogen and oxygen atoms in total. The Morgan fingerprint density at radius 2 is 1.89 bits per heavy atom. The summed E-state index contributed by atoms with van der Waals surface area (Å²) >= 11 is 0. The molecule has 4 aromatic rings. The smallest absolute Gasteiger partial charge is 0.253 e. The van der Waals surface area contributed by atoms with Crippen molar-refractivity contribution in [3.63, 3.8) is 0 Å². The molecule has 1 aliphatic rings. The molecule has 0 amide bonds. The van der Waals surface area contributed by atoms with Crippen LogP contribution in [0.1, 0.15) is 5.69 Å². The van der Waals surface area contributed by atoms with E-state index >= 15 is 0 Å². The van der Waals surface area contributed by atoms with Crippen LogP contribution in [0.2, 0.25) is 0 Å². The summed E-state index contributed by atoms with van der Waals surface area (Å²) < 4.78 is 7.13. The molecule has 1 fully saturated rings. The molecule has 28 heavy (non-hydrogen) atoms. The molecule has 0 N–H and O–H groups in total. The zero-order chi connectivity index (χ0) is 19.1. The van der Waals surface area contributed by atoms with E-state index in [0.717, 1.165) is 49.1 Å². The third-order valence-corrected chi connectivity index (χ3v) is 5.05. The van der Waals surface area contributed by atoms with Gasteiger partial charge < -0.3 is 14.2 Å². The van der Waals surface area contributed by atoms with E-state index in [1.807, 2.05) is 25.1 Å². The Hall–Kier alpha value is -3.33. The van der Waals surface area contributed by atoms with Crippen LogP contribution in [0, 0.1) is 6.92 Å². The number of nitrogens with zero attached hydrogens (tertiary/aromatic N) is 8. The van der Waals surface area contributed by atoms with E-state index in [9.17, 15) is 0 Å². The van der Waals surface area contributed by atoms with Crippen LogP contribution >= 0.6 is 0 Å². The SMILES string of the molecule is Cc1c(-c2ccnc(N3CCN(C)CC3)n2)cnc2nc(-c3ccco3)nn12. The fourth-order valence-electron chi connectivity index (χ4n) is 3.36. The first kappa shape index (κ1) is 16.8. The lowest BCUT2D eigenvalue weighted by atomic mass is 10.2. The Morgan fingerprint density at radius 1 is 1.04 bits per heavy atom. The number of piperazine rings is 1. The van der Waals surface area contributed by atoms with E-state index in [1.165, 1.54) is 0 Å². The van der Waals surface area contributed by atoms with Crippen molar-refractivity contribution >= 4 is 11.7 Å². The van der Waals surface area contributed by atoms with Gasteiger partial charge in [0.2, 0.25) is 11.8 Å². The number of rotatable bonds is 3. The maximum Gasteiger partial charge on any atom is 0.253 e. The van der Waals surface area contributed by atoms with Crippen molar-refractivity contribution in [2.75, 3.05) is 38.1 Å². The second kappa shape index (κ2) is 6.68. The third-order valence-electron chi connectivity index (χ3n) is 5.05. The van der Waals surface area contributed by atoms with Gasteiger partial charge in [0.05, 0.1) is 17.7 Å². The first-order valence-corrected chi connectivity index (χ1v) is 9.22. The minimum Gasteiger partial charge on any atom is -0.461 e. The number of hydrogen-bond acceptors (Lipinski definition) is 8. The molecule has 0 spiro atoms. The summed E-state index contributed by atoms with van der Waals surface area (Å²) in [6, 6.07) is 5.55. The van der Waals surface area contributed by atoms with Crippen LogP contribution in [0.25, 0.3) is 28.6 Å². The molecule has 0 bridgehead atoms. The summed E-state index contributed by atoms with van der Waals surface area (Å²) in [5.74, 6) is 2.41. The van der Waals surface area contributed by atoms with Crippen LogP contribution in [0.15, 0.2) is 41.3 Å². The largest absolute Gasteiger partial charge is 0.461 e. The van der Waals surface area contributed by atoms with Gasteiger partial charge in [-0.1, -0.05) is 0 Å². The number of aryl methyl sites for hydroxylation is 1. The van der Waals surface area contributed by atoms with Gasteiger partial charge in [0.25, 0.3) is 5.78 Å². The van der Waals surface area contributed by atoms with Gasteiger partial charge in [-0.3, -0.25) is 0 Å². The van der Waals surface area contributed by atoms with Crippen molar-refractivity contribution < 1.29 is 4.42 Å².